The van der Waals surface area contributed by atoms with E-state index in [1.807, 2.05) is 36.4 Å². The predicted octanol–water partition coefficient (Wildman–Crippen LogP) is 4.03. The zero-order valence-electron chi connectivity index (χ0n) is 13.5. The molecule has 0 unspecified atom stereocenters. The highest BCUT2D eigenvalue weighted by Crippen LogP contribution is 2.30. The highest BCUT2D eigenvalue weighted by Gasteiger charge is 2.34. The largest absolute Gasteiger partial charge is 0.377 e. The van der Waals surface area contributed by atoms with Crippen molar-refractivity contribution in [2.75, 3.05) is 13.2 Å². The van der Waals surface area contributed by atoms with Gasteiger partial charge >= 0.3 is 0 Å². The van der Waals surface area contributed by atoms with Crippen molar-refractivity contribution in [1.29, 1.82) is 0 Å². The van der Waals surface area contributed by atoms with Crippen molar-refractivity contribution < 1.29 is 9.53 Å². The molecule has 1 aliphatic heterocycles. The van der Waals surface area contributed by atoms with Gasteiger partial charge in [-0.3, -0.25) is 10.1 Å². The topological polar surface area (TPSA) is 50.4 Å². The number of hydrogen-bond acceptors (Lipinski definition) is 3. The number of ether oxygens (including phenoxy) is 1. The molecule has 2 aromatic rings. The first-order valence-corrected chi connectivity index (χ1v) is 9.29. The molecule has 1 aliphatic rings. The number of hydrogen-bond donors (Lipinski definition) is 2. The summed E-state index contributed by atoms with van der Waals surface area (Å²) in [4.78, 5) is 12.8. The Kier molecular flexibility index (Phi) is 6.08. The summed E-state index contributed by atoms with van der Waals surface area (Å²) < 4.78 is 3.88. The summed E-state index contributed by atoms with van der Waals surface area (Å²) in [6.07, 6.45) is 1.22. The lowest BCUT2D eigenvalue weighted by Crippen LogP contribution is -2.55. The van der Waals surface area contributed by atoms with Crippen molar-refractivity contribution in [3.05, 3.63) is 48.0 Å². The first-order valence-electron chi connectivity index (χ1n) is 8.15. The lowest BCUT2D eigenvalue weighted by atomic mass is 10.0. The Labute approximate surface area is 161 Å². The number of amides is 1. The van der Waals surface area contributed by atoms with Crippen molar-refractivity contribution in [1.82, 2.24) is 10.6 Å². The third kappa shape index (κ3) is 4.78. The van der Waals surface area contributed by atoms with Gasteiger partial charge in [-0.25, -0.2) is 0 Å². The third-order valence-electron chi connectivity index (χ3n) is 4.21. The second-order valence-electron chi connectivity index (χ2n) is 6.02. The molecule has 1 saturated heterocycles. The highest BCUT2D eigenvalue weighted by molar-refractivity contribution is 6.68. The summed E-state index contributed by atoms with van der Waals surface area (Å²) in [6, 6.07) is 13.2. The Morgan fingerprint density at radius 1 is 1.20 bits per heavy atom. The van der Waals surface area contributed by atoms with E-state index < -0.39 is 9.96 Å². The summed E-state index contributed by atoms with van der Waals surface area (Å²) in [5.74, 6) is -0.298. The Bertz CT molecular complexity index is 737. The first-order chi connectivity index (χ1) is 11.9. The standard InChI is InChI=1S/C18H19Cl3N2O2/c19-18(20,21)17(22-11-13-7-4-10-25-13)23-16(24)15-9-3-6-12-5-1-2-8-14(12)15/h1-3,5-6,8-9,13,17,22H,4,7,10-11H2,(H,23,24)/t13-,17-/m1/s1. The van der Waals surface area contributed by atoms with Crippen LogP contribution in [0.1, 0.15) is 23.2 Å². The Balaban J connectivity index is 1.74. The molecule has 1 fully saturated rings. The first kappa shape index (κ1) is 18.7. The zero-order valence-corrected chi connectivity index (χ0v) is 15.7. The molecular formula is C18H19Cl3N2O2. The van der Waals surface area contributed by atoms with Gasteiger partial charge in [0.05, 0.1) is 6.10 Å². The van der Waals surface area contributed by atoms with Gasteiger partial charge in [0.15, 0.2) is 0 Å². The number of benzene rings is 2. The van der Waals surface area contributed by atoms with Gasteiger partial charge < -0.3 is 10.1 Å². The van der Waals surface area contributed by atoms with Crippen LogP contribution in [-0.4, -0.2) is 35.1 Å². The number of fused-ring (bicyclic) bond motifs is 1. The predicted molar refractivity (Wildman–Crippen MR) is 102 cm³/mol. The molecule has 7 heteroatoms. The highest BCUT2D eigenvalue weighted by atomic mass is 35.6. The van der Waals surface area contributed by atoms with Gasteiger partial charge in [0.25, 0.3) is 5.91 Å². The van der Waals surface area contributed by atoms with Gasteiger partial charge in [0, 0.05) is 18.7 Å². The maximum atomic E-state index is 12.8. The molecule has 0 saturated carbocycles. The molecule has 0 aromatic heterocycles. The van der Waals surface area contributed by atoms with E-state index in [0.717, 1.165) is 30.2 Å². The molecule has 134 valence electrons. The number of nitrogens with one attached hydrogen (secondary N) is 2. The van der Waals surface area contributed by atoms with Crippen molar-refractivity contribution in [3.8, 4) is 0 Å². The molecule has 2 aromatic carbocycles. The van der Waals surface area contributed by atoms with E-state index in [2.05, 4.69) is 10.6 Å². The fourth-order valence-corrected chi connectivity index (χ4v) is 3.33. The van der Waals surface area contributed by atoms with Crippen LogP contribution >= 0.6 is 34.8 Å². The van der Waals surface area contributed by atoms with Crippen LogP contribution in [0, 0.1) is 0 Å². The molecule has 0 aliphatic carbocycles. The lowest BCUT2D eigenvalue weighted by molar-refractivity contribution is 0.0898. The smallest absolute Gasteiger partial charge is 0.253 e. The van der Waals surface area contributed by atoms with Gasteiger partial charge in [-0.2, -0.15) is 0 Å². The summed E-state index contributed by atoms with van der Waals surface area (Å²) in [6.45, 7) is 1.25. The molecule has 4 nitrogen and oxygen atoms in total. The number of carbonyl (C=O) groups excluding carboxylic acids is 1. The molecular weight excluding hydrogens is 383 g/mol. The minimum Gasteiger partial charge on any atom is -0.377 e. The minimum atomic E-state index is -1.68. The maximum Gasteiger partial charge on any atom is 0.253 e. The van der Waals surface area contributed by atoms with Crippen molar-refractivity contribution >= 4 is 51.5 Å². The molecule has 1 amide bonds. The minimum absolute atomic E-state index is 0.0734. The van der Waals surface area contributed by atoms with E-state index in [-0.39, 0.29) is 12.0 Å². The Hall–Kier alpha value is -1.04. The van der Waals surface area contributed by atoms with Gasteiger partial charge in [-0.05, 0) is 29.7 Å². The van der Waals surface area contributed by atoms with Crippen LogP contribution in [0.5, 0.6) is 0 Å². The second kappa shape index (κ2) is 8.11. The van der Waals surface area contributed by atoms with E-state index in [0.29, 0.717) is 12.1 Å². The van der Waals surface area contributed by atoms with Crippen LogP contribution < -0.4 is 10.6 Å². The average Bonchev–Trinajstić information content (AvgIpc) is 3.10. The van der Waals surface area contributed by atoms with Crippen molar-refractivity contribution in [3.63, 3.8) is 0 Å². The second-order valence-corrected chi connectivity index (χ2v) is 8.39. The van der Waals surface area contributed by atoms with Gasteiger partial charge in [-0.1, -0.05) is 71.2 Å². The van der Waals surface area contributed by atoms with E-state index in [4.69, 9.17) is 39.5 Å². The third-order valence-corrected chi connectivity index (χ3v) is 4.87. The van der Waals surface area contributed by atoms with Gasteiger partial charge in [-0.15, -0.1) is 0 Å². The maximum absolute atomic E-state index is 12.8. The molecule has 3 rings (SSSR count). The fourth-order valence-electron chi connectivity index (χ4n) is 2.94. The van der Waals surface area contributed by atoms with Crippen molar-refractivity contribution in [2.45, 2.75) is 28.9 Å². The van der Waals surface area contributed by atoms with Crippen molar-refractivity contribution in [2.24, 2.45) is 0 Å². The number of alkyl halides is 3. The monoisotopic (exact) mass is 400 g/mol. The molecule has 2 N–H and O–H groups in total. The van der Waals surface area contributed by atoms with Gasteiger partial charge in [0.2, 0.25) is 3.79 Å². The zero-order chi connectivity index (χ0) is 17.9. The SMILES string of the molecule is O=C(N[C@@H](NC[C@H]1CCCO1)C(Cl)(Cl)Cl)c1cccc2ccccc12. The van der Waals surface area contributed by atoms with E-state index in [9.17, 15) is 4.79 Å². The molecule has 0 radical (unpaired) electrons. The van der Waals surface area contributed by atoms with E-state index in [1.165, 1.54) is 0 Å². The van der Waals surface area contributed by atoms with Crippen LogP contribution in [0.4, 0.5) is 0 Å². The quantitative estimate of drug-likeness (QED) is 0.587. The number of rotatable bonds is 5. The lowest BCUT2D eigenvalue weighted by Gasteiger charge is -2.28. The normalized spacial score (nSPS) is 19.1. The molecule has 1 heterocycles. The summed E-state index contributed by atoms with van der Waals surface area (Å²) in [5, 5.41) is 7.72. The molecule has 25 heavy (non-hydrogen) atoms. The average molecular weight is 402 g/mol. The van der Waals surface area contributed by atoms with Crippen LogP contribution in [0.3, 0.4) is 0 Å². The summed E-state index contributed by atoms with van der Waals surface area (Å²) in [7, 11) is 0. The van der Waals surface area contributed by atoms with Crippen LogP contribution in [0.2, 0.25) is 0 Å². The fraction of sp³-hybridized carbons (Fsp3) is 0.389. The van der Waals surface area contributed by atoms with Crippen LogP contribution in [0.15, 0.2) is 42.5 Å². The van der Waals surface area contributed by atoms with Gasteiger partial charge in [0.1, 0.15) is 6.17 Å². The Morgan fingerprint density at radius 2 is 1.96 bits per heavy atom. The number of carbonyl (C=O) groups is 1. The van der Waals surface area contributed by atoms with E-state index in [1.54, 1.807) is 6.07 Å². The summed E-state index contributed by atoms with van der Waals surface area (Å²) in [5.41, 5.74) is 0.538. The summed E-state index contributed by atoms with van der Waals surface area (Å²) >= 11 is 18.1. The molecule has 2 atom stereocenters. The van der Waals surface area contributed by atoms with Crippen LogP contribution in [0.25, 0.3) is 10.8 Å². The molecule has 0 spiro atoms. The Morgan fingerprint density at radius 3 is 2.68 bits per heavy atom. The molecule has 0 bridgehead atoms. The number of halogens is 3. The van der Waals surface area contributed by atoms with Crippen LogP contribution in [-0.2, 0) is 4.74 Å². The van der Waals surface area contributed by atoms with E-state index >= 15 is 0 Å².